The summed E-state index contributed by atoms with van der Waals surface area (Å²) in [6.07, 6.45) is 0. The van der Waals surface area contributed by atoms with Gasteiger partial charge in [0.15, 0.2) is 10.8 Å². The monoisotopic (exact) mass is 390 g/mol. The third-order valence-electron chi connectivity index (χ3n) is 4.78. The Bertz CT molecular complexity index is 1210. The second-order valence-corrected chi connectivity index (χ2v) is 8.13. The fraction of sp³-hybridized carbons (Fsp3) is 0.227. The van der Waals surface area contributed by atoms with Gasteiger partial charge in [0.25, 0.3) is 0 Å². The topological polar surface area (TPSA) is 59.3 Å². The highest BCUT2D eigenvalue weighted by molar-refractivity contribution is 7.99. The first-order valence-corrected chi connectivity index (χ1v) is 10.2. The Morgan fingerprint density at radius 3 is 2.54 bits per heavy atom. The van der Waals surface area contributed by atoms with Crippen LogP contribution >= 0.6 is 11.8 Å². The maximum atomic E-state index is 12.5. The van der Waals surface area contributed by atoms with Crippen molar-refractivity contribution in [3.63, 3.8) is 0 Å². The summed E-state index contributed by atoms with van der Waals surface area (Å²) in [4.78, 5) is 12.5. The molecule has 0 aliphatic carbocycles. The molecule has 2 heterocycles. The molecule has 0 saturated heterocycles. The second kappa shape index (κ2) is 7.28. The minimum Gasteiger partial charge on any atom is -0.325 e. The van der Waals surface area contributed by atoms with Gasteiger partial charge in [-0.1, -0.05) is 36.0 Å². The van der Waals surface area contributed by atoms with Crippen molar-refractivity contribution in [3.05, 3.63) is 64.7 Å². The number of carbonyl (C=O) groups is 1. The molecule has 6 heteroatoms. The lowest BCUT2D eigenvalue weighted by Gasteiger charge is -2.10. The molecular formula is C22H22N4OS. The number of aryl methyl sites for hydroxylation is 4. The van der Waals surface area contributed by atoms with E-state index in [9.17, 15) is 4.79 Å². The summed E-state index contributed by atoms with van der Waals surface area (Å²) in [5, 5.41) is 13.6. The lowest BCUT2D eigenvalue weighted by Crippen LogP contribution is -2.15. The van der Waals surface area contributed by atoms with Crippen LogP contribution in [0.3, 0.4) is 0 Å². The number of amides is 1. The average molecular weight is 391 g/mol. The van der Waals surface area contributed by atoms with Crippen LogP contribution in [0.15, 0.2) is 47.6 Å². The number of hydrogen-bond donors (Lipinski definition) is 1. The predicted octanol–water partition coefficient (Wildman–Crippen LogP) is 4.85. The zero-order chi connectivity index (χ0) is 19.8. The van der Waals surface area contributed by atoms with E-state index in [1.165, 1.54) is 17.3 Å². The first kappa shape index (κ1) is 18.5. The van der Waals surface area contributed by atoms with Crippen LogP contribution in [0.1, 0.15) is 22.3 Å². The molecule has 4 rings (SSSR count). The SMILES string of the molecule is Cc1ccc(C)c(NC(=O)CSc2nnc3c(C)cc4ccc(C)cc4n23)c1. The van der Waals surface area contributed by atoms with Crippen LogP contribution in [0.4, 0.5) is 5.69 Å². The van der Waals surface area contributed by atoms with Crippen LogP contribution in [0.2, 0.25) is 0 Å². The Morgan fingerprint density at radius 2 is 1.71 bits per heavy atom. The molecule has 4 aromatic rings. The molecule has 0 aliphatic rings. The van der Waals surface area contributed by atoms with E-state index >= 15 is 0 Å². The predicted molar refractivity (Wildman–Crippen MR) is 115 cm³/mol. The van der Waals surface area contributed by atoms with Crippen molar-refractivity contribution in [1.82, 2.24) is 14.6 Å². The lowest BCUT2D eigenvalue weighted by atomic mass is 10.1. The van der Waals surface area contributed by atoms with Gasteiger partial charge in [-0.15, -0.1) is 10.2 Å². The fourth-order valence-electron chi connectivity index (χ4n) is 3.29. The third kappa shape index (κ3) is 3.47. The number of anilines is 1. The van der Waals surface area contributed by atoms with Gasteiger partial charge in [-0.2, -0.15) is 0 Å². The molecule has 0 aliphatic heterocycles. The Balaban J connectivity index is 1.61. The highest BCUT2D eigenvalue weighted by Crippen LogP contribution is 2.26. The van der Waals surface area contributed by atoms with Crippen LogP contribution < -0.4 is 5.32 Å². The first-order chi connectivity index (χ1) is 13.4. The summed E-state index contributed by atoms with van der Waals surface area (Å²) in [7, 11) is 0. The number of rotatable bonds is 4. The number of pyridine rings is 1. The normalized spacial score (nSPS) is 11.3. The molecule has 0 saturated carbocycles. The van der Waals surface area contributed by atoms with Gasteiger partial charge in [-0.05, 0) is 73.5 Å². The number of nitrogens with zero attached hydrogens (tertiary/aromatic N) is 3. The van der Waals surface area contributed by atoms with Gasteiger partial charge in [-0.3, -0.25) is 9.20 Å². The molecular weight excluding hydrogens is 368 g/mol. The largest absolute Gasteiger partial charge is 0.325 e. The Morgan fingerprint density at radius 1 is 0.964 bits per heavy atom. The Kier molecular flexibility index (Phi) is 4.81. The van der Waals surface area contributed by atoms with Crippen LogP contribution in [0.25, 0.3) is 16.6 Å². The van der Waals surface area contributed by atoms with Crippen molar-refractivity contribution < 1.29 is 4.79 Å². The van der Waals surface area contributed by atoms with Gasteiger partial charge in [0.05, 0.1) is 11.3 Å². The van der Waals surface area contributed by atoms with Gasteiger partial charge in [-0.25, -0.2) is 0 Å². The lowest BCUT2D eigenvalue weighted by molar-refractivity contribution is -0.113. The summed E-state index contributed by atoms with van der Waals surface area (Å²) in [5.41, 5.74) is 7.15. The first-order valence-electron chi connectivity index (χ1n) is 9.17. The number of fused-ring (bicyclic) bond motifs is 3. The molecule has 2 aromatic carbocycles. The standard InChI is InChI=1S/C22H22N4OS/c1-13-5-7-15(3)18(9-13)23-20(27)12-28-22-25-24-21-16(4)11-17-8-6-14(2)10-19(17)26(21)22/h5-11H,12H2,1-4H3,(H,23,27). The quantitative estimate of drug-likeness (QED) is 0.506. The number of hydrogen-bond acceptors (Lipinski definition) is 4. The molecule has 28 heavy (non-hydrogen) atoms. The van der Waals surface area contributed by atoms with Crippen molar-refractivity contribution in [3.8, 4) is 0 Å². The van der Waals surface area contributed by atoms with E-state index < -0.39 is 0 Å². The summed E-state index contributed by atoms with van der Waals surface area (Å²) in [6, 6.07) is 14.5. The zero-order valence-electron chi connectivity index (χ0n) is 16.4. The number of nitrogens with one attached hydrogen (secondary N) is 1. The van der Waals surface area contributed by atoms with E-state index in [2.05, 4.69) is 46.7 Å². The molecule has 1 N–H and O–H groups in total. The average Bonchev–Trinajstić information content (AvgIpc) is 3.09. The third-order valence-corrected chi connectivity index (χ3v) is 5.71. The molecule has 1 amide bonds. The van der Waals surface area contributed by atoms with E-state index in [4.69, 9.17) is 0 Å². The number of aromatic nitrogens is 3. The fourth-order valence-corrected chi connectivity index (χ4v) is 4.03. The van der Waals surface area contributed by atoms with Crippen molar-refractivity contribution in [2.24, 2.45) is 0 Å². The van der Waals surface area contributed by atoms with E-state index in [-0.39, 0.29) is 11.7 Å². The van der Waals surface area contributed by atoms with E-state index in [0.717, 1.165) is 44.1 Å². The van der Waals surface area contributed by atoms with Gasteiger partial charge in [0.1, 0.15) is 0 Å². The molecule has 142 valence electrons. The van der Waals surface area contributed by atoms with E-state index in [1.807, 2.05) is 43.4 Å². The molecule has 0 spiro atoms. The van der Waals surface area contributed by atoms with Crippen LogP contribution in [-0.4, -0.2) is 26.3 Å². The second-order valence-electron chi connectivity index (χ2n) is 7.19. The summed E-state index contributed by atoms with van der Waals surface area (Å²) in [5.74, 6) is 0.221. The summed E-state index contributed by atoms with van der Waals surface area (Å²) >= 11 is 1.40. The Labute approximate surface area is 168 Å². The summed E-state index contributed by atoms with van der Waals surface area (Å²) in [6.45, 7) is 8.11. The van der Waals surface area contributed by atoms with Crippen LogP contribution in [-0.2, 0) is 4.79 Å². The van der Waals surface area contributed by atoms with E-state index in [0.29, 0.717) is 0 Å². The minimum atomic E-state index is -0.0522. The molecule has 0 radical (unpaired) electrons. The van der Waals surface area contributed by atoms with Gasteiger partial charge < -0.3 is 5.32 Å². The van der Waals surface area contributed by atoms with Crippen LogP contribution in [0.5, 0.6) is 0 Å². The van der Waals surface area contributed by atoms with Crippen molar-refractivity contribution in [1.29, 1.82) is 0 Å². The molecule has 0 atom stereocenters. The van der Waals surface area contributed by atoms with Gasteiger partial charge in [0.2, 0.25) is 5.91 Å². The molecule has 0 unspecified atom stereocenters. The number of thioether (sulfide) groups is 1. The number of carbonyl (C=O) groups excluding carboxylic acids is 1. The molecule has 0 bridgehead atoms. The van der Waals surface area contributed by atoms with Crippen LogP contribution in [0, 0.1) is 27.7 Å². The zero-order valence-corrected chi connectivity index (χ0v) is 17.2. The highest BCUT2D eigenvalue weighted by atomic mass is 32.2. The highest BCUT2D eigenvalue weighted by Gasteiger charge is 2.14. The van der Waals surface area contributed by atoms with Crippen molar-refractivity contribution in [2.45, 2.75) is 32.9 Å². The smallest absolute Gasteiger partial charge is 0.234 e. The minimum absolute atomic E-state index is 0.0522. The van der Waals surface area contributed by atoms with Gasteiger partial charge >= 0.3 is 0 Å². The molecule has 0 fully saturated rings. The maximum absolute atomic E-state index is 12.5. The molecule has 5 nitrogen and oxygen atoms in total. The maximum Gasteiger partial charge on any atom is 0.234 e. The van der Waals surface area contributed by atoms with Crippen molar-refractivity contribution >= 4 is 39.9 Å². The van der Waals surface area contributed by atoms with Gasteiger partial charge in [0, 0.05) is 5.69 Å². The summed E-state index contributed by atoms with van der Waals surface area (Å²) < 4.78 is 2.05. The van der Waals surface area contributed by atoms with Crippen molar-refractivity contribution in [2.75, 3.05) is 11.1 Å². The number of benzene rings is 2. The Hall–Kier alpha value is -2.86. The molecule has 2 aromatic heterocycles. The van der Waals surface area contributed by atoms with E-state index in [1.54, 1.807) is 0 Å².